The average molecular weight is 112 g/mol. The fourth-order valence-electron chi connectivity index (χ4n) is 0.544. The highest BCUT2D eigenvalue weighted by Crippen LogP contribution is 2.07. The van der Waals surface area contributed by atoms with E-state index < -0.39 is 0 Å². The SMILES string of the molecule is CCC(N=N)=C(C)C. The third-order valence-corrected chi connectivity index (χ3v) is 1.05. The molecule has 2 nitrogen and oxygen atoms in total. The first-order valence-corrected chi connectivity index (χ1v) is 2.76. The second-order valence-electron chi connectivity index (χ2n) is 1.91. The first kappa shape index (κ1) is 7.34. The highest BCUT2D eigenvalue weighted by Gasteiger charge is 1.89. The molecule has 0 unspecified atom stereocenters. The number of hydrogen-bond donors (Lipinski definition) is 1. The van der Waals surface area contributed by atoms with Gasteiger partial charge in [0, 0.05) is 0 Å². The maximum atomic E-state index is 6.66. The molecule has 0 aromatic carbocycles. The van der Waals surface area contributed by atoms with Crippen LogP contribution in [0.2, 0.25) is 0 Å². The molecule has 0 bridgehead atoms. The number of nitrogens with zero attached hydrogens (tertiary/aromatic N) is 1. The lowest BCUT2D eigenvalue weighted by molar-refractivity contribution is 0.934. The summed E-state index contributed by atoms with van der Waals surface area (Å²) in [5.74, 6) is 0. The van der Waals surface area contributed by atoms with Crippen LogP contribution in [-0.4, -0.2) is 0 Å². The largest absolute Gasteiger partial charge is 0.205 e. The van der Waals surface area contributed by atoms with Gasteiger partial charge in [-0.3, -0.25) is 0 Å². The van der Waals surface area contributed by atoms with Crippen LogP contribution < -0.4 is 0 Å². The smallest absolute Gasteiger partial charge is 0.0607 e. The lowest BCUT2D eigenvalue weighted by atomic mass is 10.2. The van der Waals surface area contributed by atoms with Crippen molar-refractivity contribution in [2.24, 2.45) is 5.11 Å². The summed E-state index contributed by atoms with van der Waals surface area (Å²) in [5.41, 5.74) is 8.69. The van der Waals surface area contributed by atoms with Gasteiger partial charge in [0.15, 0.2) is 0 Å². The number of rotatable bonds is 2. The number of allylic oxidation sites excluding steroid dienone is 2. The van der Waals surface area contributed by atoms with Gasteiger partial charge in [0.1, 0.15) is 0 Å². The Bertz CT molecular complexity index is 110. The van der Waals surface area contributed by atoms with Crippen molar-refractivity contribution < 1.29 is 0 Å². The van der Waals surface area contributed by atoms with Crippen LogP contribution in [0, 0.1) is 5.53 Å². The molecular weight excluding hydrogens is 100 g/mol. The van der Waals surface area contributed by atoms with Gasteiger partial charge in [-0.1, -0.05) is 12.5 Å². The standard InChI is InChI=1S/C6H12N2/c1-4-6(8-7)5(2)3/h7H,4H2,1-3H3. The minimum absolute atomic E-state index is 0.867. The van der Waals surface area contributed by atoms with Crippen LogP contribution in [0.1, 0.15) is 27.2 Å². The first-order chi connectivity index (χ1) is 3.72. The van der Waals surface area contributed by atoms with E-state index in [1.165, 1.54) is 0 Å². The summed E-state index contributed by atoms with van der Waals surface area (Å²) in [6.45, 7) is 5.94. The molecule has 0 aliphatic heterocycles. The zero-order valence-corrected chi connectivity index (χ0v) is 5.65. The molecular formula is C6H12N2. The quantitative estimate of drug-likeness (QED) is 0.533. The molecule has 0 aromatic rings. The van der Waals surface area contributed by atoms with E-state index >= 15 is 0 Å². The zero-order valence-electron chi connectivity index (χ0n) is 5.65. The van der Waals surface area contributed by atoms with Crippen molar-refractivity contribution in [1.82, 2.24) is 0 Å². The van der Waals surface area contributed by atoms with Crippen LogP contribution in [-0.2, 0) is 0 Å². The Balaban J connectivity index is 4.07. The molecule has 0 aliphatic rings. The molecule has 1 N–H and O–H groups in total. The molecule has 0 radical (unpaired) electrons. The Hall–Kier alpha value is -0.660. The predicted molar refractivity (Wildman–Crippen MR) is 33.8 cm³/mol. The molecule has 0 amide bonds. The molecule has 0 saturated heterocycles. The Morgan fingerprint density at radius 1 is 1.50 bits per heavy atom. The summed E-state index contributed by atoms with van der Waals surface area (Å²) in [4.78, 5) is 0. The van der Waals surface area contributed by atoms with Crippen LogP contribution in [0.15, 0.2) is 16.4 Å². The summed E-state index contributed by atoms with van der Waals surface area (Å²) >= 11 is 0. The molecule has 0 aliphatic carbocycles. The van der Waals surface area contributed by atoms with E-state index in [4.69, 9.17) is 5.53 Å². The van der Waals surface area contributed by atoms with E-state index in [1.807, 2.05) is 20.8 Å². The van der Waals surface area contributed by atoms with E-state index in [0.717, 1.165) is 17.7 Å². The Labute approximate surface area is 50.1 Å². The molecule has 0 heterocycles. The van der Waals surface area contributed by atoms with E-state index in [1.54, 1.807) is 0 Å². The zero-order chi connectivity index (χ0) is 6.57. The summed E-state index contributed by atoms with van der Waals surface area (Å²) in [5, 5.41) is 3.34. The molecule has 46 valence electrons. The van der Waals surface area contributed by atoms with Crippen molar-refractivity contribution in [3.8, 4) is 0 Å². The highest BCUT2D eigenvalue weighted by molar-refractivity contribution is 5.05. The van der Waals surface area contributed by atoms with Crippen LogP contribution in [0.25, 0.3) is 0 Å². The van der Waals surface area contributed by atoms with Crippen molar-refractivity contribution in [3.63, 3.8) is 0 Å². The maximum Gasteiger partial charge on any atom is 0.0607 e. The molecule has 0 spiro atoms. The van der Waals surface area contributed by atoms with Crippen molar-refractivity contribution >= 4 is 0 Å². The van der Waals surface area contributed by atoms with Gasteiger partial charge < -0.3 is 0 Å². The third-order valence-electron chi connectivity index (χ3n) is 1.05. The van der Waals surface area contributed by atoms with Gasteiger partial charge >= 0.3 is 0 Å². The van der Waals surface area contributed by atoms with Gasteiger partial charge in [-0.25, -0.2) is 5.53 Å². The van der Waals surface area contributed by atoms with Crippen LogP contribution in [0.5, 0.6) is 0 Å². The van der Waals surface area contributed by atoms with E-state index in [9.17, 15) is 0 Å². The average Bonchev–Trinajstić information content (AvgIpc) is 1.69. The molecule has 0 rings (SSSR count). The second kappa shape index (κ2) is 3.36. The summed E-state index contributed by atoms with van der Waals surface area (Å²) < 4.78 is 0. The molecule has 0 fully saturated rings. The lowest BCUT2D eigenvalue weighted by Crippen LogP contribution is -1.75. The Morgan fingerprint density at radius 3 is 2.00 bits per heavy atom. The molecule has 0 aromatic heterocycles. The molecule has 2 heteroatoms. The number of hydrogen-bond acceptors (Lipinski definition) is 2. The van der Waals surface area contributed by atoms with Gasteiger partial charge in [-0.2, -0.15) is 5.11 Å². The minimum atomic E-state index is 0.867. The minimum Gasteiger partial charge on any atom is -0.205 e. The van der Waals surface area contributed by atoms with E-state index in [-0.39, 0.29) is 0 Å². The third kappa shape index (κ3) is 1.87. The molecule has 8 heavy (non-hydrogen) atoms. The van der Waals surface area contributed by atoms with Crippen LogP contribution in [0.3, 0.4) is 0 Å². The fourth-order valence-corrected chi connectivity index (χ4v) is 0.544. The summed E-state index contributed by atoms with van der Waals surface area (Å²) in [6, 6.07) is 0. The van der Waals surface area contributed by atoms with E-state index in [2.05, 4.69) is 5.11 Å². The van der Waals surface area contributed by atoms with Gasteiger partial charge in [0.2, 0.25) is 0 Å². The van der Waals surface area contributed by atoms with Gasteiger partial charge in [0.05, 0.1) is 5.70 Å². The fraction of sp³-hybridized carbons (Fsp3) is 0.667. The number of nitrogens with one attached hydrogen (secondary N) is 1. The monoisotopic (exact) mass is 112 g/mol. The maximum absolute atomic E-state index is 6.66. The summed E-state index contributed by atoms with van der Waals surface area (Å²) in [7, 11) is 0. The molecule has 0 saturated carbocycles. The van der Waals surface area contributed by atoms with Crippen molar-refractivity contribution in [2.75, 3.05) is 0 Å². The highest BCUT2D eigenvalue weighted by atomic mass is 15.0. The normalized spacial score (nSPS) is 8.38. The first-order valence-electron chi connectivity index (χ1n) is 2.76. The van der Waals surface area contributed by atoms with Crippen LogP contribution >= 0.6 is 0 Å². The lowest BCUT2D eigenvalue weighted by Gasteiger charge is -1.94. The summed E-state index contributed by atoms with van der Waals surface area (Å²) in [6.07, 6.45) is 0.867. The topological polar surface area (TPSA) is 36.2 Å². The van der Waals surface area contributed by atoms with Crippen molar-refractivity contribution in [3.05, 3.63) is 11.3 Å². The Kier molecular flexibility index (Phi) is 3.08. The van der Waals surface area contributed by atoms with Gasteiger partial charge in [-0.05, 0) is 20.3 Å². The Morgan fingerprint density at radius 2 is 2.00 bits per heavy atom. The van der Waals surface area contributed by atoms with Crippen molar-refractivity contribution in [1.29, 1.82) is 5.53 Å². The predicted octanol–water partition coefficient (Wildman–Crippen LogP) is 2.72. The van der Waals surface area contributed by atoms with Crippen LogP contribution in [0.4, 0.5) is 0 Å². The second-order valence-corrected chi connectivity index (χ2v) is 1.91. The molecule has 0 atom stereocenters. The van der Waals surface area contributed by atoms with Crippen molar-refractivity contribution in [2.45, 2.75) is 27.2 Å². The van der Waals surface area contributed by atoms with Gasteiger partial charge in [-0.15, -0.1) is 0 Å². The van der Waals surface area contributed by atoms with Gasteiger partial charge in [0.25, 0.3) is 0 Å². The van der Waals surface area contributed by atoms with E-state index in [0.29, 0.717) is 0 Å².